The lowest BCUT2D eigenvalue weighted by atomic mass is 9.87. The van der Waals surface area contributed by atoms with Crippen LogP contribution in [0.5, 0.6) is 5.75 Å². The average molecular weight is 476 g/mol. The predicted octanol–water partition coefficient (Wildman–Crippen LogP) is 4.75. The van der Waals surface area contributed by atoms with E-state index in [4.69, 9.17) is 4.74 Å². The maximum Gasteiger partial charge on any atom is 0.270 e. The highest BCUT2D eigenvalue weighted by atomic mass is 32.1. The Kier molecular flexibility index (Phi) is 6.63. The van der Waals surface area contributed by atoms with Crippen LogP contribution in [0.2, 0.25) is 0 Å². The lowest BCUT2D eigenvalue weighted by Crippen LogP contribution is -2.40. The topological polar surface area (TPSA) is 71.5 Å². The summed E-state index contributed by atoms with van der Waals surface area (Å²) in [4.78, 5) is 31.5. The molecular weight excluding hydrogens is 446 g/mol. The van der Waals surface area contributed by atoms with E-state index < -0.39 is 0 Å². The number of ether oxygens (including phenoxy) is 1. The Balaban J connectivity index is 1.32. The molecule has 6 nitrogen and oxygen atoms in total. The first kappa shape index (κ1) is 22.6. The highest BCUT2D eigenvalue weighted by molar-refractivity contribution is 7.09. The van der Waals surface area contributed by atoms with Crippen molar-refractivity contribution in [3.63, 3.8) is 0 Å². The van der Waals surface area contributed by atoms with Crippen molar-refractivity contribution in [3.8, 4) is 5.75 Å². The van der Waals surface area contributed by atoms with E-state index in [1.54, 1.807) is 5.38 Å². The number of carbonyl (C=O) groups excluding carboxylic acids is 2. The second-order valence-electron chi connectivity index (χ2n) is 8.93. The normalized spacial score (nSPS) is 17.2. The SMILES string of the molecule is CCC(=O)N1CCc2ccc(OCc3nc(C(=O)NCC4CC4)cs3)cc2C1c1ccccc1. The summed E-state index contributed by atoms with van der Waals surface area (Å²) in [6.45, 7) is 3.66. The Morgan fingerprint density at radius 1 is 1.18 bits per heavy atom. The summed E-state index contributed by atoms with van der Waals surface area (Å²) in [5.41, 5.74) is 3.90. The van der Waals surface area contributed by atoms with Gasteiger partial charge in [-0.2, -0.15) is 0 Å². The number of hydrogen-bond acceptors (Lipinski definition) is 5. The summed E-state index contributed by atoms with van der Waals surface area (Å²) in [5, 5.41) is 5.50. The third-order valence-corrected chi connectivity index (χ3v) is 7.30. The molecule has 34 heavy (non-hydrogen) atoms. The van der Waals surface area contributed by atoms with E-state index in [-0.39, 0.29) is 17.9 Å². The molecule has 2 heterocycles. The van der Waals surface area contributed by atoms with Gasteiger partial charge in [-0.15, -0.1) is 11.3 Å². The first-order chi connectivity index (χ1) is 16.6. The van der Waals surface area contributed by atoms with Crippen molar-refractivity contribution in [2.45, 2.75) is 45.3 Å². The third-order valence-electron chi connectivity index (χ3n) is 6.48. The molecule has 1 fully saturated rings. The molecule has 0 bridgehead atoms. The molecule has 0 spiro atoms. The number of fused-ring (bicyclic) bond motifs is 1. The summed E-state index contributed by atoms with van der Waals surface area (Å²) in [7, 11) is 0. The molecule has 0 radical (unpaired) electrons. The van der Waals surface area contributed by atoms with Gasteiger partial charge in [0.2, 0.25) is 5.91 Å². The largest absolute Gasteiger partial charge is 0.486 e. The van der Waals surface area contributed by atoms with Crippen LogP contribution in [0.3, 0.4) is 0 Å². The van der Waals surface area contributed by atoms with Gasteiger partial charge < -0.3 is 15.0 Å². The second-order valence-corrected chi connectivity index (χ2v) is 9.88. The van der Waals surface area contributed by atoms with Gasteiger partial charge >= 0.3 is 0 Å². The molecule has 3 aromatic rings. The van der Waals surface area contributed by atoms with Crippen LogP contribution in [-0.4, -0.2) is 34.8 Å². The van der Waals surface area contributed by atoms with Crippen LogP contribution in [-0.2, 0) is 17.8 Å². The van der Waals surface area contributed by atoms with E-state index in [1.807, 2.05) is 36.1 Å². The van der Waals surface area contributed by atoms with Crippen molar-refractivity contribution < 1.29 is 14.3 Å². The fourth-order valence-corrected chi connectivity index (χ4v) is 5.11. The number of benzene rings is 2. The molecule has 2 amide bonds. The Morgan fingerprint density at radius 2 is 2.00 bits per heavy atom. The van der Waals surface area contributed by atoms with Crippen LogP contribution in [0, 0.1) is 5.92 Å². The quantitative estimate of drug-likeness (QED) is 0.511. The zero-order valence-corrected chi connectivity index (χ0v) is 20.1. The smallest absolute Gasteiger partial charge is 0.270 e. The molecule has 2 aliphatic rings. The van der Waals surface area contributed by atoms with Gasteiger partial charge in [-0.05, 0) is 54.0 Å². The van der Waals surface area contributed by atoms with Crippen LogP contribution >= 0.6 is 11.3 Å². The molecule has 2 aromatic carbocycles. The zero-order valence-electron chi connectivity index (χ0n) is 19.3. The number of hydrogen-bond donors (Lipinski definition) is 1. The number of carbonyl (C=O) groups is 2. The van der Waals surface area contributed by atoms with Gasteiger partial charge in [0.25, 0.3) is 5.91 Å². The summed E-state index contributed by atoms with van der Waals surface area (Å²) in [6, 6.07) is 16.2. The van der Waals surface area contributed by atoms with Crippen molar-refractivity contribution in [3.05, 3.63) is 81.3 Å². The average Bonchev–Trinajstić information content (AvgIpc) is 3.59. The van der Waals surface area contributed by atoms with Crippen molar-refractivity contribution in [2.24, 2.45) is 5.92 Å². The zero-order chi connectivity index (χ0) is 23.5. The standard InChI is InChI=1S/C27H29N3O3S/c1-2-25(31)30-13-12-19-10-11-21(14-22(19)26(30)20-6-4-3-5-7-20)33-16-24-29-23(17-34-24)27(32)28-15-18-8-9-18/h3-7,10-11,14,17-18,26H,2,8-9,12-13,15-16H2,1H3,(H,28,32). The van der Waals surface area contributed by atoms with Gasteiger partial charge in [0.05, 0.1) is 6.04 Å². The van der Waals surface area contributed by atoms with Gasteiger partial charge in [-0.3, -0.25) is 9.59 Å². The predicted molar refractivity (Wildman–Crippen MR) is 132 cm³/mol. The van der Waals surface area contributed by atoms with Crippen molar-refractivity contribution in [2.75, 3.05) is 13.1 Å². The molecule has 5 rings (SSSR count). The summed E-state index contributed by atoms with van der Waals surface area (Å²) in [5.74, 6) is 1.41. The van der Waals surface area contributed by atoms with Crippen LogP contribution in [0.4, 0.5) is 0 Å². The molecule has 1 aliphatic carbocycles. The first-order valence-electron chi connectivity index (χ1n) is 11.9. The van der Waals surface area contributed by atoms with E-state index in [9.17, 15) is 9.59 Å². The van der Waals surface area contributed by atoms with Gasteiger partial charge in [-0.1, -0.05) is 43.3 Å². The maximum atomic E-state index is 12.8. The lowest BCUT2D eigenvalue weighted by Gasteiger charge is -2.38. The highest BCUT2D eigenvalue weighted by Gasteiger charge is 2.31. The third kappa shape index (κ3) is 4.99. The number of aromatic nitrogens is 1. The van der Waals surface area contributed by atoms with Crippen LogP contribution in [0.1, 0.15) is 64.4 Å². The Bertz CT molecular complexity index is 1170. The fraction of sp³-hybridized carbons (Fsp3) is 0.370. The van der Waals surface area contributed by atoms with Gasteiger partial charge in [0.15, 0.2) is 0 Å². The van der Waals surface area contributed by atoms with Crippen molar-refractivity contribution in [1.82, 2.24) is 15.2 Å². The molecule has 1 saturated carbocycles. The number of rotatable bonds is 8. The molecule has 1 N–H and O–H groups in total. The minimum atomic E-state index is -0.123. The fourth-order valence-electron chi connectivity index (χ4n) is 4.43. The Morgan fingerprint density at radius 3 is 2.76 bits per heavy atom. The van der Waals surface area contributed by atoms with Crippen molar-refractivity contribution >= 4 is 23.2 Å². The highest BCUT2D eigenvalue weighted by Crippen LogP contribution is 2.37. The van der Waals surface area contributed by atoms with Crippen LogP contribution in [0.25, 0.3) is 0 Å². The van der Waals surface area contributed by atoms with Crippen LogP contribution in [0.15, 0.2) is 53.9 Å². The maximum absolute atomic E-state index is 12.8. The lowest BCUT2D eigenvalue weighted by molar-refractivity contribution is -0.132. The first-order valence-corrected chi connectivity index (χ1v) is 12.8. The van der Waals surface area contributed by atoms with E-state index in [0.717, 1.165) is 34.8 Å². The molecule has 1 atom stereocenters. The molecule has 1 unspecified atom stereocenters. The van der Waals surface area contributed by atoms with Gasteiger partial charge in [0.1, 0.15) is 23.1 Å². The number of nitrogens with one attached hydrogen (secondary N) is 1. The van der Waals surface area contributed by atoms with Gasteiger partial charge in [0, 0.05) is 24.9 Å². The van der Waals surface area contributed by atoms with E-state index in [2.05, 4.69) is 34.6 Å². The summed E-state index contributed by atoms with van der Waals surface area (Å²) < 4.78 is 6.08. The molecule has 7 heteroatoms. The van der Waals surface area contributed by atoms with E-state index >= 15 is 0 Å². The molecule has 176 valence electrons. The second kappa shape index (κ2) is 9.97. The van der Waals surface area contributed by atoms with Crippen molar-refractivity contribution in [1.29, 1.82) is 0 Å². The minimum absolute atomic E-state index is 0.116. The minimum Gasteiger partial charge on any atom is -0.486 e. The Hall–Kier alpha value is -3.19. The summed E-state index contributed by atoms with van der Waals surface area (Å²) in [6.07, 6.45) is 3.71. The molecule has 0 saturated heterocycles. The summed E-state index contributed by atoms with van der Waals surface area (Å²) >= 11 is 1.43. The van der Waals surface area contributed by atoms with E-state index in [1.165, 1.54) is 29.7 Å². The molecular formula is C27H29N3O3S. The number of amides is 2. The molecule has 1 aromatic heterocycles. The van der Waals surface area contributed by atoms with E-state index in [0.29, 0.717) is 31.2 Å². The monoisotopic (exact) mass is 475 g/mol. The van der Waals surface area contributed by atoms with Crippen LogP contribution < -0.4 is 10.1 Å². The number of nitrogens with zero attached hydrogens (tertiary/aromatic N) is 2. The van der Waals surface area contributed by atoms with Gasteiger partial charge in [-0.25, -0.2) is 4.98 Å². The number of thiazole rings is 1. The molecule has 1 aliphatic heterocycles. The Labute approximate surface area is 204 Å².